The van der Waals surface area contributed by atoms with Crippen LogP contribution in [0.5, 0.6) is 11.5 Å². The average molecular weight is 264 g/mol. The molecular formula is C14H20N2O3. The molecule has 2 rings (SSSR count). The number of methoxy groups -OCH3 is 2. The summed E-state index contributed by atoms with van der Waals surface area (Å²) < 4.78 is 10.6. The van der Waals surface area contributed by atoms with E-state index in [2.05, 4.69) is 0 Å². The largest absolute Gasteiger partial charge is 0.496 e. The fourth-order valence-electron chi connectivity index (χ4n) is 2.55. The summed E-state index contributed by atoms with van der Waals surface area (Å²) in [5.74, 6) is 1.00. The van der Waals surface area contributed by atoms with Crippen molar-refractivity contribution in [2.45, 2.75) is 18.9 Å². The van der Waals surface area contributed by atoms with Crippen LogP contribution < -0.4 is 15.2 Å². The van der Waals surface area contributed by atoms with Crippen LogP contribution in [0.3, 0.4) is 0 Å². The Hall–Kier alpha value is -1.75. The summed E-state index contributed by atoms with van der Waals surface area (Å²) in [6, 6.07) is 5.45. The molecule has 0 bridgehead atoms. The van der Waals surface area contributed by atoms with E-state index < -0.39 is 0 Å². The summed E-state index contributed by atoms with van der Waals surface area (Å²) in [4.78, 5) is 14.5. The topological polar surface area (TPSA) is 64.8 Å². The molecule has 2 N–H and O–H groups in total. The number of hydrogen-bond donors (Lipinski definition) is 1. The predicted molar refractivity (Wildman–Crippen MR) is 72.7 cm³/mol. The quantitative estimate of drug-likeness (QED) is 0.889. The zero-order chi connectivity index (χ0) is 13.8. The van der Waals surface area contributed by atoms with Crippen molar-refractivity contribution in [1.29, 1.82) is 0 Å². The molecule has 0 aromatic heterocycles. The second-order valence-electron chi connectivity index (χ2n) is 4.57. The van der Waals surface area contributed by atoms with Crippen LogP contribution in [0.25, 0.3) is 0 Å². The van der Waals surface area contributed by atoms with Gasteiger partial charge in [0.15, 0.2) is 0 Å². The maximum Gasteiger partial charge on any atom is 0.261 e. The van der Waals surface area contributed by atoms with E-state index in [4.69, 9.17) is 15.2 Å². The van der Waals surface area contributed by atoms with E-state index in [0.717, 1.165) is 19.4 Å². The summed E-state index contributed by atoms with van der Waals surface area (Å²) in [6.45, 7) is 1.23. The van der Waals surface area contributed by atoms with E-state index in [1.54, 1.807) is 32.4 Å². The first-order chi connectivity index (χ1) is 9.22. The normalized spacial score (nSPS) is 18.5. The summed E-state index contributed by atoms with van der Waals surface area (Å²) in [6.07, 6.45) is 1.95. The smallest absolute Gasteiger partial charge is 0.261 e. The second kappa shape index (κ2) is 5.93. The van der Waals surface area contributed by atoms with Crippen LogP contribution in [0, 0.1) is 0 Å². The Balaban J connectivity index is 2.37. The van der Waals surface area contributed by atoms with Crippen molar-refractivity contribution >= 4 is 5.91 Å². The monoisotopic (exact) mass is 264 g/mol. The molecule has 1 amide bonds. The van der Waals surface area contributed by atoms with Crippen LogP contribution in [0.2, 0.25) is 0 Å². The molecule has 5 heteroatoms. The number of ether oxygens (including phenoxy) is 2. The fourth-order valence-corrected chi connectivity index (χ4v) is 2.55. The van der Waals surface area contributed by atoms with Crippen LogP contribution in [-0.4, -0.2) is 44.2 Å². The van der Waals surface area contributed by atoms with Gasteiger partial charge < -0.3 is 20.1 Å². The number of likely N-dealkylation sites (tertiary alicyclic amines) is 1. The molecule has 1 fully saturated rings. The molecular weight excluding hydrogens is 244 g/mol. The lowest BCUT2D eigenvalue weighted by molar-refractivity contribution is 0.0734. The van der Waals surface area contributed by atoms with E-state index in [-0.39, 0.29) is 11.9 Å². The van der Waals surface area contributed by atoms with E-state index in [1.807, 2.05) is 4.90 Å². The number of nitrogens with two attached hydrogens (primary N) is 1. The number of carbonyl (C=O) groups excluding carboxylic acids is 1. The number of benzene rings is 1. The number of rotatable bonds is 4. The minimum atomic E-state index is -0.0674. The first-order valence-corrected chi connectivity index (χ1v) is 6.45. The van der Waals surface area contributed by atoms with Crippen LogP contribution in [0.1, 0.15) is 23.2 Å². The van der Waals surface area contributed by atoms with Crippen LogP contribution >= 0.6 is 0 Å². The highest BCUT2D eigenvalue weighted by molar-refractivity contribution is 6.00. The summed E-state index contributed by atoms with van der Waals surface area (Å²) in [5.41, 5.74) is 6.20. The first-order valence-electron chi connectivity index (χ1n) is 6.45. The van der Waals surface area contributed by atoms with Crippen molar-refractivity contribution < 1.29 is 14.3 Å². The predicted octanol–water partition coefficient (Wildman–Crippen LogP) is 1.27. The van der Waals surface area contributed by atoms with Gasteiger partial charge in [-0.25, -0.2) is 0 Å². The van der Waals surface area contributed by atoms with Gasteiger partial charge in [0.2, 0.25) is 0 Å². The Labute approximate surface area is 113 Å². The molecule has 0 radical (unpaired) electrons. The molecule has 1 atom stereocenters. The number of carbonyl (C=O) groups is 1. The van der Waals surface area contributed by atoms with Crippen molar-refractivity contribution in [2.75, 3.05) is 27.3 Å². The van der Waals surface area contributed by atoms with Gasteiger partial charge in [0, 0.05) is 19.1 Å². The first kappa shape index (κ1) is 13.7. The van der Waals surface area contributed by atoms with Crippen molar-refractivity contribution in [3.63, 3.8) is 0 Å². The van der Waals surface area contributed by atoms with Gasteiger partial charge in [-0.3, -0.25) is 4.79 Å². The van der Waals surface area contributed by atoms with Gasteiger partial charge in [-0.15, -0.1) is 0 Å². The van der Waals surface area contributed by atoms with Gasteiger partial charge >= 0.3 is 0 Å². The Morgan fingerprint density at radius 3 is 2.53 bits per heavy atom. The highest BCUT2D eigenvalue weighted by atomic mass is 16.5. The fraction of sp³-hybridized carbons (Fsp3) is 0.500. The molecule has 1 saturated heterocycles. The third-order valence-electron chi connectivity index (χ3n) is 3.55. The second-order valence-corrected chi connectivity index (χ2v) is 4.57. The van der Waals surface area contributed by atoms with Gasteiger partial charge in [-0.05, 0) is 25.0 Å². The Bertz CT molecular complexity index is 440. The zero-order valence-corrected chi connectivity index (χ0v) is 11.4. The van der Waals surface area contributed by atoms with Crippen LogP contribution in [-0.2, 0) is 0 Å². The lowest BCUT2D eigenvalue weighted by Crippen LogP contribution is -2.40. The van der Waals surface area contributed by atoms with Crippen molar-refractivity contribution in [1.82, 2.24) is 4.90 Å². The molecule has 1 aromatic rings. The molecule has 5 nitrogen and oxygen atoms in total. The molecule has 1 aliphatic heterocycles. The number of amides is 1. The maximum absolute atomic E-state index is 12.7. The van der Waals surface area contributed by atoms with E-state index in [9.17, 15) is 4.79 Å². The molecule has 1 aromatic carbocycles. The minimum Gasteiger partial charge on any atom is -0.496 e. The highest BCUT2D eigenvalue weighted by Gasteiger charge is 2.31. The van der Waals surface area contributed by atoms with Crippen molar-refractivity contribution in [3.8, 4) is 11.5 Å². The molecule has 1 heterocycles. The summed E-state index contributed by atoms with van der Waals surface area (Å²) in [5, 5.41) is 0. The Morgan fingerprint density at radius 2 is 2.00 bits per heavy atom. The standard InChI is InChI=1S/C14H20N2O3/c1-18-11-6-3-7-12(19-2)13(11)14(17)16-8-4-5-10(16)9-15/h3,6-7,10H,4-5,8-9,15H2,1-2H3/t10-/m0/s1. The van der Waals surface area contributed by atoms with Crippen LogP contribution in [0.15, 0.2) is 18.2 Å². The van der Waals surface area contributed by atoms with Gasteiger partial charge in [0.1, 0.15) is 17.1 Å². The molecule has 0 unspecified atom stereocenters. The molecule has 0 spiro atoms. The van der Waals surface area contributed by atoms with Gasteiger partial charge in [0.05, 0.1) is 14.2 Å². The third kappa shape index (κ3) is 2.51. The summed E-state index contributed by atoms with van der Waals surface area (Å²) in [7, 11) is 3.10. The van der Waals surface area contributed by atoms with Crippen molar-refractivity contribution in [3.05, 3.63) is 23.8 Å². The van der Waals surface area contributed by atoms with E-state index in [1.165, 1.54) is 0 Å². The molecule has 104 valence electrons. The lowest BCUT2D eigenvalue weighted by Gasteiger charge is -2.25. The summed E-state index contributed by atoms with van der Waals surface area (Å²) >= 11 is 0. The Kier molecular flexibility index (Phi) is 4.27. The van der Waals surface area contributed by atoms with Crippen molar-refractivity contribution in [2.24, 2.45) is 5.73 Å². The average Bonchev–Trinajstić information content (AvgIpc) is 2.93. The van der Waals surface area contributed by atoms with Crippen LogP contribution in [0.4, 0.5) is 0 Å². The lowest BCUT2D eigenvalue weighted by atomic mass is 10.1. The number of hydrogen-bond acceptors (Lipinski definition) is 4. The number of nitrogens with zero attached hydrogens (tertiary/aromatic N) is 1. The SMILES string of the molecule is COc1cccc(OC)c1C(=O)N1CCC[C@H]1CN. The van der Waals surface area contributed by atoms with E-state index >= 15 is 0 Å². The van der Waals surface area contributed by atoms with Gasteiger partial charge in [-0.1, -0.05) is 6.07 Å². The van der Waals surface area contributed by atoms with Gasteiger partial charge in [-0.2, -0.15) is 0 Å². The van der Waals surface area contributed by atoms with E-state index in [0.29, 0.717) is 23.6 Å². The molecule has 0 saturated carbocycles. The maximum atomic E-state index is 12.7. The zero-order valence-electron chi connectivity index (χ0n) is 11.4. The minimum absolute atomic E-state index is 0.0674. The Morgan fingerprint density at radius 1 is 1.37 bits per heavy atom. The molecule has 1 aliphatic rings. The molecule has 19 heavy (non-hydrogen) atoms. The third-order valence-corrected chi connectivity index (χ3v) is 3.55. The highest BCUT2D eigenvalue weighted by Crippen LogP contribution is 2.31. The van der Waals surface area contributed by atoms with Gasteiger partial charge in [0.25, 0.3) is 5.91 Å². The molecule has 0 aliphatic carbocycles.